The molecule has 5 rings (SSSR count). The van der Waals surface area contributed by atoms with Crippen LogP contribution in [0.3, 0.4) is 0 Å². The third-order valence-corrected chi connectivity index (χ3v) is 6.46. The average Bonchev–Trinajstić information content (AvgIpc) is 3.22. The van der Waals surface area contributed by atoms with Gasteiger partial charge in [0, 0.05) is 12.1 Å². The van der Waals surface area contributed by atoms with Gasteiger partial charge >= 0.3 is 5.97 Å². The number of aromatic nitrogens is 2. The van der Waals surface area contributed by atoms with Gasteiger partial charge in [0.2, 0.25) is 11.9 Å². The van der Waals surface area contributed by atoms with Crippen molar-refractivity contribution in [3.63, 3.8) is 0 Å². The molecule has 0 fully saturated rings. The summed E-state index contributed by atoms with van der Waals surface area (Å²) in [6, 6.07) is 17.9. The molecule has 0 saturated heterocycles. The number of carbonyl (C=O) groups is 2. The molecule has 1 aliphatic rings. The lowest BCUT2D eigenvalue weighted by atomic mass is 9.86. The smallest absolute Gasteiger partial charge is 0.321 e. The molecule has 1 aromatic heterocycles. The van der Waals surface area contributed by atoms with E-state index in [0.29, 0.717) is 18.1 Å². The van der Waals surface area contributed by atoms with Crippen LogP contribution in [0.1, 0.15) is 38.3 Å². The van der Waals surface area contributed by atoms with Gasteiger partial charge in [-0.15, -0.1) is 0 Å². The first kappa shape index (κ1) is 21.9. The molecule has 7 heteroatoms. The van der Waals surface area contributed by atoms with Gasteiger partial charge < -0.3 is 14.4 Å². The van der Waals surface area contributed by atoms with Crippen molar-refractivity contribution in [1.29, 1.82) is 0 Å². The van der Waals surface area contributed by atoms with Crippen molar-refractivity contribution in [2.24, 2.45) is 5.92 Å². The molecule has 1 aliphatic heterocycles. The minimum absolute atomic E-state index is 0.0246. The zero-order valence-electron chi connectivity index (χ0n) is 19.3. The largest absolute Gasteiger partial charge is 0.508 e. The molecule has 4 aromatic rings. The van der Waals surface area contributed by atoms with Gasteiger partial charge in [0.25, 0.3) is 0 Å². The zero-order chi connectivity index (χ0) is 23.8. The van der Waals surface area contributed by atoms with Crippen LogP contribution in [0.2, 0.25) is 0 Å². The van der Waals surface area contributed by atoms with E-state index in [-0.39, 0.29) is 18.3 Å². The monoisotopic (exact) mass is 457 g/mol. The van der Waals surface area contributed by atoms with Crippen molar-refractivity contribution in [3.05, 3.63) is 66.2 Å². The first-order chi connectivity index (χ1) is 16.6. The number of nitrogens with zero attached hydrogens (tertiary/aromatic N) is 3. The lowest BCUT2D eigenvalue weighted by molar-refractivity contribution is -0.153. The fraction of sp³-hybridized carbons (Fsp3) is 0.296. The zero-order valence-corrected chi connectivity index (χ0v) is 19.3. The van der Waals surface area contributed by atoms with Crippen LogP contribution in [-0.2, 0) is 14.3 Å². The van der Waals surface area contributed by atoms with Crippen LogP contribution in [0, 0.1) is 5.92 Å². The van der Waals surface area contributed by atoms with Gasteiger partial charge in [-0.25, -0.2) is 4.98 Å². The third kappa shape index (κ3) is 3.39. The van der Waals surface area contributed by atoms with Gasteiger partial charge in [-0.05, 0) is 42.3 Å². The molecule has 2 heterocycles. The molecule has 0 unspecified atom stereocenters. The topological polar surface area (TPSA) is 84.7 Å². The van der Waals surface area contributed by atoms with Crippen LogP contribution in [0.25, 0.3) is 21.8 Å². The maximum Gasteiger partial charge on any atom is 0.321 e. The maximum absolute atomic E-state index is 13.9. The van der Waals surface area contributed by atoms with Crippen LogP contribution in [0.5, 0.6) is 5.75 Å². The molecule has 0 spiro atoms. The molecule has 34 heavy (non-hydrogen) atoms. The van der Waals surface area contributed by atoms with Crippen molar-refractivity contribution in [2.45, 2.75) is 32.7 Å². The first-order valence-corrected chi connectivity index (χ1v) is 11.7. The highest BCUT2D eigenvalue weighted by atomic mass is 16.5. The van der Waals surface area contributed by atoms with Crippen molar-refractivity contribution in [2.75, 3.05) is 18.1 Å². The number of unbranched alkanes of at least 4 members (excludes halogenated alkanes) is 1. The van der Waals surface area contributed by atoms with Crippen molar-refractivity contribution < 1.29 is 19.4 Å². The highest BCUT2D eigenvalue weighted by Crippen LogP contribution is 2.46. The van der Waals surface area contributed by atoms with E-state index in [2.05, 4.69) is 6.92 Å². The summed E-state index contributed by atoms with van der Waals surface area (Å²) in [6.45, 7) is 4.38. The van der Waals surface area contributed by atoms with Crippen LogP contribution in [-0.4, -0.2) is 39.7 Å². The summed E-state index contributed by atoms with van der Waals surface area (Å²) in [4.78, 5) is 33.6. The van der Waals surface area contributed by atoms with E-state index in [0.717, 1.165) is 34.6 Å². The van der Waals surface area contributed by atoms with E-state index < -0.39 is 17.9 Å². The number of esters is 1. The fourth-order valence-corrected chi connectivity index (χ4v) is 4.93. The van der Waals surface area contributed by atoms with E-state index in [9.17, 15) is 14.7 Å². The number of phenols is 1. The Morgan fingerprint density at radius 2 is 1.82 bits per heavy atom. The quantitative estimate of drug-likeness (QED) is 0.332. The number of rotatable bonds is 6. The summed E-state index contributed by atoms with van der Waals surface area (Å²) in [5, 5.41) is 12.8. The molecule has 2 atom stereocenters. The standard InChI is InChI=1S/C27H27N3O4/c1-3-5-16-29-25(32)23(26(33)34-4-2)24(30-20-13-9-8-12-19(20)28-27(29)30)22-18-11-7-6-10-17(18)14-15-21(22)31/h6-15,23-24,31H,3-5,16H2,1-2H3/t23-,24-/m0/s1. The highest BCUT2D eigenvalue weighted by Gasteiger charge is 2.48. The number of benzene rings is 3. The summed E-state index contributed by atoms with van der Waals surface area (Å²) >= 11 is 0. The van der Waals surface area contributed by atoms with Gasteiger partial charge in [0.15, 0.2) is 5.92 Å². The van der Waals surface area contributed by atoms with Gasteiger partial charge in [0.1, 0.15) is 5.75 Å². The predicted molar refractivity (Wildman–Crippen MR) is 131 cm³/mol. The van der Waals surface area contributed by atoms with Gasteiger partial charge in [-0.1, -0.05) is 55.8 Å². The summed E-state index contributed by atoms with van der Waals surface area (Å²) in [6.07, 6.45) is 1.66. The second-order valence-corrected chi connectivity index (χ2v) is 8.51. The molecule has 174 valence electrons. The molecule has 1 N–H and O–H groups in total. The Morgan fingerprint density at radius 1 is 1.06 bits per heavy atom. The van der Waals surface area contributed by atoms with E-state index in [1.165, 1.54) is 0 Å². The minimum atomic E-state index is -1.15. The average molecular weight is 458 g/mol. The molecule has 0 saturated carbocycles. The Kier molecular flexibility index (Phi) is 5.69. The van der Waals surface area contributed by atoms with Crippen LogP contribution in [0.4, 0.5) is 5.95 Å². The van der Waals surface area contributed by atoms with E-state index in [1.54, 1.807) is 17.9 Å². The first-order valence-electron chi connectivity index (χ1n) is 11.7. The summed E-state index contributed by atoms with van der Waals surface area (Å²) in [5.41, 5.74) is 2.03. The van der Waals surface area contributed by atoms with Crippen LogP contribution in [0.15, 0.2) is 60.7 Å². The van der Waals surface area contributed by atoms with Crippen LogP contribution >= 0.6 is 0 Å². The SMILES string of the molecule is CCCCN1C(=O)[C@@H](C(=O)OCC)[C@H](c2c(O)ccc3ccccc23)n2c1nc1ccccc12. The van der Waals surface area contributed by atoms with Crippen LogP contribution < -0.4 is 4.90 Å². The number of amides is 1. The number of hydrogen-bond donors (Lipinski definition) is 1. The normalized spacial score (nSPS) is 17.8. The maximum atomic E-state index is 13.9. The second kappa shape index (κ2) is 8.82. The number of para-hydroxylation sites is 2. The molecule has 0 radical (unpaired) electrons. The van der Waals surface area contributed by atoms with Gasteiger partial charge in [-0.3, -0.25) is 14.5 Å². The number of aromatic hydroxyl groups is 1. The van der Waals surface area contributed by atoms with E-state index >= 15 is 0 Å². The molecule has 7 nitrogen and oxygen atoms in total. The van der Waals surface area contributed by atoms with Crippen molar-refractivity contribution >= 4 is 39.6 Å². The number of carbonyl (C=O) groups excluding carboxylic acids is 2. The lowest BCUT2D eigenvalue weighted by Gasteiger charge is -2.38. The number of imidazole rings is 1. The molecular weight excluding hydrogens is 430 g/mol. The molecule has 0 aliphatic carbocycles. The number of hydrogen-bond acceptors (Lipinski definition) is 5. The molecular formula is C27H27N3O4. The van der Waals surface area contributed by atoms with E-state index in [4.69, 9.17) is 9.72 Å². The van der Waals surface area contributed by atoms with Crippen molar-refractivity contribution in [1.82, 2.24) is 9.55 Å². The summed E-state index contributed by atoms with van der Waals surface area (Å²) in [5.74, 6) is -1.60. The Hall–Kier alpha value is -3.87. The Labute approximate surface area is 197 Å². The highest BCUT2D eigenvalue weighted by molar-refractivity contribution is 6.09. The van der Waals surface area contributed by atoms with Crippen molar-refractivity contribution in [3.8, 4) is 5.75 Å². The predicted octanol–water partition coefficient (Wildman–Crippen LogP) is 4.81. The minimum Gasteiger partial charge on any atom is -0.508 e. The Bertz CT molecular complexity index is 1390. The molecule has 3 aromatic carbocycles. The van der Waals surface area contributed by atoms with Gasteiger partial charge in [-0.2, -0.15) is 0 Å². The number of anilines is 1. The number of fused-ring (bicyclic) bond motifs is 4. The number of phenolic OH excluding ortho intramolecular Hbond substituents is 1. The number of ether oxygens (including phenoxy) is 1. The fourth-order valence-electron chi connectivity index (χ4n) is 4.93. The lowest BCUT2D eigenvalue weighted by Crippen LogP contribution is -2.50. The summed E-state index contributed by atoms with van der Waals surface area (Å²) < 4.78 is 7.34. The molecule has 1 amide bonds. The second-order valence-electron chi connectivity index (χ2n) is 8.51. The third-order valence-electron chi connectivity index (χ3n) is 6.46. The van der Waals surface area contributed by atoms with Gasteiger partial charge in [0.05, 0.1) is 23.7 Å². The Balaban J connectivity index is 1.86. The Morgan fingerprint density at radius 3 is 2.62 bits per heavy atom. The molecule has 0 bridgehead atoms. The van der Waals surface area contributed by atoms with E-state index in [1.807, 2.05) is 59.2 Å². The summed E-state index contributed by atoms with van der Waals surface area (Å²) in [7, 11) is 0.